The Morgan fingerprint density at radius 2 is 1.71 bits per heavy atom. The van der Waals surface area contributed by atoms with E-state index in [1.165, 1.54) is 5.56 Å². The molecule has 0 aromatic heterocycles. The molecule has 0 bridgehead atoms. The van der Waals surface area contributed by atoms with Gasteiger partial charge in [0.05, 0.1) is 0 Å². The fourth-order valence-electron chi connectivity index (χ4n) is 4.04. The Morgan fingerprint density at radius 3 is 2.32 bits per heavy atom. The fourth-order valence-corrected chi connectivity index (χ4v) is 4.04. The second-order valence-corrected chi connectivity index (χ2v) is 9.50. The zero-order chi connectivity index (χ0) is 20.9. The minimum atomic E-state index is -0.609. The summed E-state index contributed by atoms with van der Waals surface area (Å²) < 4.78 is 11.0. The van der Waals surface area contributed by atoms with Crippen LogP contribution in [0.15, 0.2) is 30.3 Å². The molecule has 0 aliphatic heterocycles. The van der Waals surface area contributed by atoms with Crippen molar-refractivity contribution in [3.8, 4) is 0 Å². The van der Waals surface area contributed by atoms with Gasteiger partial charge in [0.15, 0.2) is 0 Å². The number of carbonyl (C=O) groups is 2. The molecule has 156 valence electrons. The molecule has 1 saturated carbocycles. The maximum atomic E-state index is 12.4. The van der Waals surface area contributed by atoms with Gasteiger partial charge in [0.25, 0.3) is 0 Å². The first-order chi connectivity index (χ1) is 13.0. The van der Waals surface area contributed by atoms with Gasteiger partial charge in [-0.3, -0.25) is 4.79 Å². The Hall–Kier alpha value is -2.04. The van der Waals surface area contributed by atoms with E-state index in [0.717, 1.165) is 19.3 Å². The quantitative estimate of drug-likeness (QED) is 0.732. The average molecular weight is 390 g/mol. The molecule has 2 rings (SSSR count). The minimum absolute atomic E-state index is 0.106. The molecule has 0 unspecified atom stereocenters. The lowest BCUT2D eigenvalue weighted by atomic mass is 9.64. The van der Waals surface area contributed by atoms with E-state index in [-0.39, 0.29) is 24.0 Å². The van der Waals surface area contributed by atoms with Crippen molar-refractivity contribution in [1.82, 2.24) is 5.32 Å². The first-order valence-electron chi connectivity index (χ1n) is 10.2. The van der Waals surface area contributed by atoms with Crippen molar-refractivity contribution in [2.75, 3.05) is 6.54 Å². The van der Waals surface area contributed by atoms with Crippen LogP contribution in [0.2, 0.25) is 0 Å². The number of rotatable bonds is 5. The van der Waals surface area contributed by atoms with Crippen LogP contribution in [0.5, 0.6) is 0 Å². The Morgan fingerprint density at radius 1 is 1.07 bits per heavy atom. The average Bonchev–Trinajstić information content (AvgIpc) is 2.59. The maximum absolute atomic E-state index is 12.4. The lowest BCUT2D eigenvalue weighted by Gasteiger charge is -2.44. The van der Waals surface area contributed by atoms with Crippen LogP contribution in [-0.2, 0) is 19.7 Å². The second-order valence-electron chi connectivity index (χ2n) is 9.50. The Kier molecular flexibility index (Phi) is 7.13. The molecule has 1 aromatic rings. The number of hydrogen-bond donors (Lipinski definition) is 1. The van der Waals surface area contributed by atoms with E-state index in [4.69, 9.17) is 9.47 Å². The van der Waals surface area contributed by atoms with Gasteiger partial charge in [0.1, 0.15) is 18.2 Å². The van der Waals surface area contributed by atoms with Gasteiger partial charge >= 0.3 is 12.1 Å². The summed E-state index contributed by atoms with van der Waals surface area (Å²) in [6.07, 6.45) is 2.22. The summed E-state index contributed by atoms with van der Waals surface area (Å²) in [4.78, 5) is 24.2. The van der Waals surface area contributed by atoms with E-state index < -0.39 is 17.7 Å². The zero-order valence-corrected chi connectivity index (χ0v) is 18.1. The third-order valence-corrected chi connectivity index (χ3v) is 5.56. The molecule has 0 radical (unpaired) electrons. The molecular weight excluding hydrogens is 354 g/mol. The van der Waals surface area contributed by atoms with Gasteiger partial charge in [-0.25, -0.2) is 4.79 Å². The van der Waals surface area contributed by atoms with Crippen molar-refractivity contribution in [3.05, 3.63) is 35.9 Å². The van der Waals surface area contributed by atoms with Crippen LogP contribution in [-0.4, -0.2) is 30.3 Å². The predicted molar refractivity (Wildman–Crippen MR) is 110 cm³/mol. The highest BCUT2D eigenvalue weighted by Crippen LogP contribution is 2.43. The first kappa shape index (κ1) is 22.3. The Labute approximate surface area is 169 Å². The molecule has 1 fully saturated rings. The monoisotopic (exact) mass is 389 g/mol. The molecule has 1 aliphatic rings. The van der Waals surface area contributed by atoms with Gasteiger partial charge in [0, 0.05) is 5.92 Å². The molecule has 5 nitrogen and oxygen atoms in total. The van der Waals surface area contributed by atoms with Crippen molar-refractivity contribution < 1.29 is 19.1 Å². The molecule has 1 aliphatic carbocycles. The molecule has 1 aromatic carbocycles. The second kappa shape index (κ2) is 8.97. The number of benzene rings is 1. The number of ether oxygens (including phenoxy) is 2. The molecule has 5 heteroatoms. The van der Waals surface area contributed by atoms with Crippen molar-refractivity contribution in [2.45, 2.75) is 77.9 Å². The van der Waals surface area contributed by atoms with Crippen LogP contribution in [0.25, 0.3) is 0 Å². The van der Waals surface area contributed by atoms with Crippen LogP contribution < -0.4 is 5.32 Å². The van der Waals surface area contributed by atoms with E-state index in [9.17, 15) is 9.59 Å². The maximum Gasteiger partial charge on any atom is 0.408 e. The van der Waals surface area contributed by atoms with Crippen molar-refractivity contribution in [1.29, 1.82) is 0 Å². The highest BCUT2D eigenvalue weighted by atomic mass is 16.6. The van der Waals surface area contributed by atoms with Gasteiger partial charge in [-0.2, -0.15) is 0 Å². The lowest BCUT2D eigenvalue weighted by molar-refractivity contribution is -0.155. The molecular formula is C23H35NO4. The van der Waals surface area contributed by atoms with E-state index >= 15 is 0 Å². The number of alkyl carbamates (subject to hydrolysis) is 1. The Balaban J connectivity index is 2.02. The summed E-state index contributed by atoms with van der Waals surface area (Å²) >= 11 is 0. The van der Waals surface area contributed by atoms with Crippen LogP contribution in [0.3, 0.4) is 0 Å². The van der Waals surface area contributed by atoms with Gasteiger partial charge in [-0.15, -0.1) is 0 Å². The predicted octanol–water partition coefficient (Wildman–Crippen LogP) is 4.84. The minimum Gasteiger partial charge on any atom is -0.461 e. The van der Waals surface area contributed by atoms with Gasteiger partial charge < -0.3 is 14.8 Å². The van der Waals surface area contributed by atoms with Crippen LogP contribution in [0.4, 0.5) is 4.79 Å². The van der Waals surface area contributed by atoms with Gasteiger partial charge in [0.2, 0.25) is 0 Å². The van der Waals surface area contributed by atoms with Crippen LogP contribution >= 0.6 is 0 Å². The Bertz CT molecular complexity index is 663. The third kappa shape index (κ3) is 6.25. The van der Waals surface area contributed by atoms with Gasteiger partial charge in [-0.05, 0) is 50.5 Å². The molecule has 1 amide bonds. The molecule has 3 atom stereocenters. The van der Waals surface area contributed by atoms with Crippen molar-refractivity contribution >= 4 is 12.1 Å². The van der Waals surface area contributed by atoms with Crippen molar-refractivity contribution in [3.63, 3.8) is 0 Å². The number of esters is 1. The summed E-state index contributed by atoms with van der Waals surface area (Å²) in [5.74, 6) is 0.329. The SMILES string of the molecule is C[C@@H]1CC[C@@H](C(C)(C)c2ccccc2)[C@H](OC(=O)CNC(=O)OC(C)(C)C)C1. The third-order valence-electron chi connectivity index (χ3n) is 5.56. The number of hydrogen-bond acceptors (Lipinski definition) is 4. The zero-order valence-electron chi connectivity index (χ0n) is 18.1. The molecule has 0 heterocycles. The molecule has 28 heavy (non-hydrogen) atoms. The molecule has 0 saturated heterocycles. The topological polar surface area (TPSA) is 64.6 Å². The summed E-state index contributed by atoms with van der Waals surface area (Å²) in [6, 6.07) is 10.4. The summed E-state index contributed by atoms with van der Waals surface area (Å²) in [5.41, 5.74) is 0.546. The van der Waals surface area contributed by atoms with Gasteiger partial charge in [-0.1, -0.05) is 57.5 Å². The van der Waals surface area contributed by atoms with E-state index in [0.29, 0.717) is 5.92 Å². The van der Waals surface area contributed by atoms with E-state index in [1.807, 2.05) is 18.2 Å². The van der Waals surface area contributed by atoms with E-state index in [2.05, 4.69) is 38.2 Å². The van der Waals surface area contributed by atoms with E-state index in [1.54, 1.807) is 20.8 Å². The van der Waals surface area contributed by atoms with Crippen LogP contribution in [0.1, 0.15) is 66.4 Å². The normalized spacial score (nSPS) is 23.0. The number of carbonyl (C=O) groups excluding carboxylic acids is 2. The molecule has 1 N–H and O–H groups in total. The lowest BCUT2D eigenvalue weighted by Crippen LogP contribution is -2.45. The largest absolute Gasteiger partial charge is 0.461 e. The smallest absolute Gasteiger partial charge is 0.408 e. The number of amides is 1. The summed E-state index contributed by atoms with van der Waals surface area (Å²) in [6.45, 7) is 11.8. The standard InChI is InChI=1S/C23H35NO4/c1-16-12-13-18(23(5,6)17-10-8-7-9-11-17)19(14-16)27-20(25)15-24-21(26)28-22(2,3)4/h7-11,16,18-19H,12-15H2,1-6H3,(H,24,26)/t16-,18-,19-/m1/s1. The summed E-state index contributed by atoms with van der Waals surface area (Å²) in [5, 5.41) is 2.49. The van der Waals surface area contributed by atoms with Crippen LogP contribution in [0, 0.1) is 11.8 Å². The summed E-state index contributed by atoms with van der Waals surface area (Å²) in [7, 11) is 0. The highest BCUT2D eigenvalue weighted by molar-refractivity contribution is 5.78. The molecule has 0 spiro atoms. The van der Waals surface area contributed by atoms with Crippen molar-refractivity contribution in [2.24, 2.45) is 11.8 Å². The fraction of sp³-hybridized carbons (Fsp3) is 0.652. The number of nitrogens with one attached hydrogen (secondary N) is 1. The first-order valence-corrected chi connectivity index (χ1v) is 10.2. The highest BCUT2D eigenvalue weighted by Gasteiger charge is 2.41.